The summed E-state index contributed by atoms with van der Waals surface area (Å²) in [6, 6.07) is 7.76. The average Bonchev–Trinajstić information content (AvgIpc) is 2.78. The van der Waals surface area contributed by atoms with E-state index < -0.39 is 0 Å². The number of aromatic nitrogens is 1. The molecule has 0 aliphatic heterocycles. The molecule has 0 amide bonds. The number of rotatable bonds is 4. The summed E-state index contributed by atoms with van der Waals surface area (Å²) < 4.78 is 6.55. The standard InChI is InChI=1S/C13H12BrNO2/c1-2-11(16)7-13-15-8-12(17-13)9-3-5-10(14)6-4-9/h3-6,8H,2,7H2,1H3. The second-order valence-electron chi connectivity index (χ2n) is 3.69. The van der Waals surface area contributed by atoms with Gasteiger partial charge >= 0.3 is 0 Å². The largest absolute Gasteiger partial charge is 0.440 e. The Morgan fingerprint density at radius 1 is 1.35 bits per heavy atom. The second-order valence-corrected chi connectivity index (χ2v) is 4.61. The number of Topliss-reactive ketones (excluding diaryl/α,β-unsaturated/α-hetero) is 1. The SMILES string of the molecule is CCC(=O)Cc1ncc(-c2ccc(Br)cc2)o1. The van der Waals surface area contributed by atoms with E-state index in [4.69, 9.17) is 4.42 Å². The number of hydrogen-bond acceptors (Lipinski definition) is 3. The van der Waals surface area contributed by atoms with Gasteiger partial charge in [-0.1, -0.05) is 35.0 Å². The van der Waals surface area contributed by atoms with Crippen LogP contribution in [0.15, 0.2) is 39.4 Å². The van der Waals surface area contributed by atoms with Crippen LogP contribution in [0.1, 0.15) is 19.2 Å². The fourth-order valence-electron chi connectivity index (χ4n) is 1.43. The lowest BCUT2D eigenvalue weighted by Gasteiger charge is -1.96. The van der Waals surface area contributed by atoms with Crippen LogP contribution < -0.4 is 0 Å². The third kappa shape index (κ3) is 3.03. The van der Waals surface area contributed by atoms with E-state index in [1.54, 1.807) is 6.20 Å². The van der Waals surface area contributed by atoms with Crippen molar-refractivity contribution in [2.45, 2.75) is 19.8 Å². The third-order valence-corrected chi connectivity index (χ3v) is 2.95. The van der Waals surface area contributed by atoms with Crippen molar-refractivity contribution in [3.8, 4) is 11.3 Å². The lowest BCUT2D eigenvalue weighted by atomic mass is 10.2. The van der Waals surface area contributed by atoms with E-state index in [0.29, 0.717) is 18.1 Å². The number of halogens is 1. The van der Waals surface area contributed by atoms with Crippen LogP contribution in [0.5, 0.6) is 0 Å². The molecule has 2 rings (SSSR count). The highest BCUT2D eigenvalue weighted by Gasteiger charge is 2.09. The predicted molar refractivity (Wildman–Crippen MR) is 68.6 cm³/mol. The Labute approximate surface area is 108 Å². The minimum Gasteiger partial charge on any atom is -0.440 e. The molecule has 0 aliphatic rings. The maximum Gasteiger partial charge on any atom is 0.202 e. The van der Waals surface area contributed by atoms with E-state index in [9.17, 15) is 4.79 Å². The molecular weight excluding hydrogens is 282 g/mol. The van der Waals surface area contributed by atoms with Crippen LogP contribution in [0.4, 0.5) is 0 Å². The lowest BCUT2D eigenvalue weighted by molar-refractivity contribution is -0.118. The molecule has 0 spiro atoms. The molecule has 1 heterocycles. The van der Waals surface area contributed by atoms with E-state index in [1.165, 1.54) is 0 Å². The molecule has 17 heavy (non-hydrogen) atoms. The maximum absolute atomic E-state index is 11.3. The molecular formula is C13H12BrNO2. The first kappa shape index (κ1) is 12.0. The molecule has 4 heteroatoms. The Hall–Kier alpha value is -1.42. The Kier molecular flexibility index (Phi) is 3.74. The van der Waals surface area contributed by atoms with Crippen LogP contribution in [0.25, 0.3) is 11.3 Å². The highest BCUT2D eigenvalue weighted by Crippen LogP contribution is 2.22. The van der Waals surface area contributed by atoms with E-state index in [1.807, 2.05) is 31.2 Å². The monoisotopic (exact) mass is 293 g/mol. The zero-order chi connectivity index (χ0) is 12.3. The zero-order valence-electron chi connectivity index (χ0n) is 9.44. The highest BCUT2D eigenvalue weighted by atomic mass is 79.9. The van der Waals surface area contributed by atoms with Gasteiger partial charge in [0.15, 0.2) is 5.76 Å². The van der Waals surface area contributed by atoms with Crippen molar-refractivity contribution >= 4 is 21.7 Å². The van der Waals surface area contributed by atoms with Crippen molar-refractivity contribution in [2.24, 2.45) is 0 Å². The number of carbonyl (C=O) groups is 1. The van der Waals surface area contributed by atoms with Gasteiger partial charge in [0.2, 0.25) is 5.89 Å². The second kappa shape index (κ2) is 5.27. The normalized spacial score (nSPS) is 10.5. The summed E-state index contributed by atoms with van der Waals surface area (Å²) in [4.78, 5) is 15.4. The van der Waals surface area contributed by atoms with Crippen molar-refractivity contribution in [2.75, 3.05) is 0 Å². The molecule has 88 valence electrons. The van der Waals surface area contributed by atoms with Gasteiger partial charge in [-0.2, -0.15) is 0 Å². The van der Waals surface area contributed by atoms with Gasteiger partial charge in [-0.3, -0.25) is 4.79 Å². The van der Waals surface area contributed by atoms with Gasteiger partial charge in [0.1, 0.15) is 5.78 Å². The molecule has 1 aromatic heterocycles. The van der Waals surface area contributed by atoms with Gasteiger partial charge in [-0.05, 0) is 12.1 Å². The van der Waals surface area contributed by atoms with Gasteiger partial charge in [0.25, 0.3) is 0 Å². The first-order valence-corrected chi connectivity index (χ1v) is 6.20. The van der Waals surface area contributed by atoms with Gasteiger partial charge in [-0.15, -0.1) is 0 Å². The Morgan fingerprint density at radius 2 is 2.06 bits per heavy atom. The molecule has 0 saturated heterocycles. The number of ketones is 1. The third-order valence-electron chi connectivity index (χ3n) is 2.43. The van der Waals surface area contributed by atoms with E-state index in [-0.39, 0.29) is 12.2 Å². The molecule has 0 saturated carbocycles. The molecule has 0 aliphatic carbocycles. The predicted octanol–water partition coefficient (Wildman–Crippen LogP) is 3.63. The average molecular weight is 294 g/mol. The van der Waals surface area contributed by atoms with Crippen molar-refractivity contribution in [1.82, 2.24) is 4.98 Å². The quantitative estimate of drug-likeness (QED) is 0.865. The van der Waals surface area contributed by atoms with E-state index >= 15 is 0 Å². The van der Waals surface area contributed by atoms with Crippen molar-refractivity contribution in [3.05, 3.63) is 40.8 Å². The Morgan fingerprint density at radius 3 is 2.71 bits per heavy atom. The first-order valence-electron chi connectivity index (χ1n) is 5.41. The Bertz CT molecular complexity index is 516. The van der Waals surface area contributed by atoms with Gasteiger partial charge in [-0.25, -0.2) is 4.98 Å². The number of oxazole rings is 1. The molecule has 0 unspecified atom stereocenters. The molecule has 0 fully saturated rings. The fourth-order valence-corrected chi connectivity index (χ4v) is 1.70. The van der Waals surface area contributed by atoms with Gasteiger partial charge < -0.3 is 4.42 Å². The van der Waals surface area contributed by atoms with Crippen LogP contribution in [0.2, 0.25) is 0 Å². The zero-order valence-corrected chi connectivity index (χ0v) is 11.0. The van der Waals surface area contributed by atoms with Gasteiger partial charge in [0, 0.05) is 16.5 Å². The maximum atomic E-state index is 11.3. The topological polar surface area (TPSA) is 43.1 Å². The van der Waals surface area contributed by atoms with Crippen LogP contribution in [0.3, 0.4) is 0 Å². The summed E-state index contributed by atoms with van der Waals surface area (Å²) in [7, 11) is 0. The highest BCUT2D eigenvalue weighted by molar-refractivity contribution is 9.10. The molecule has 1 aromatic carbocycles. The lowest BCUT2D eigenvalue weighted by Crippen LogP contribution is -1.99. The summed E-state index contributed by atoms with van der Waals surface area (Å²) >= 11 is 3.37. The summed E-state index contributed by atoms with van der Waals surface area (Å²) in [5, 5.41) is 0. The van der Waals surface area contributed by atoms with Crippen LogP contribution in [-0.2, 0) is 11.2 Å². The number of benzene rings is 1. The Balaban J connectivity index is 2.18. The summed E-state index contributed by atoms with van der Waals surface area (Å²) in [6.07, 6.45) is 2.44. The van der Waals surface area contributed by atoms with Crippen molar-refractivity contribution < 1.29 is 9.21 Å². The van der Waals surface area contributed by atoms with Crippen molar-refractivity contribution in [1.29, 1.82) is 0 Å². The van der Waals surface area contributed by atoms with Crippen LogP contribution >= 0.6 is 15.9 Å². The molecule has 0 radical (unpaired) electrons. The number of hydrogen-bond donors (Lipinski definition) is 0. The summed E-state index contributed by atoms with van der Waals surface area (Å²) in [6.45, 7) is 1.83. The molecule has 0 bridgehead atoms. The minimum atomic E-state index is 0.134. The fraction of sp³-hybridized carbons (Fsp3) is 0.231. The van der Waals surface area contributed by atoms with E-state index in [0.717, 1.165) is 10.0 Å². The molecule has 3 nitrogen and oxygen atoms in total. The van der Waals surface area contributed by atoms with Crippen molar-refractivity contribution in [3.63, 3.8) is 0 Å². The summed E-state index contributed by atoms with van der Waals surface area (Å²) in [5.41, 5.74) is 0.955. The number of nitrogens with zero attached hydrogens (tertiary/aromatic N) is 1. The van der Waals surface area contributed by atoms with Gasteiger partial charge in [0.05, 0.1) is 12.6 Å². The van der Waals surface area contributed by atoms with E-state index in [2.05, 4.69) is 20.9 Å². The smallest absolute Gasteiger partial charge is 0.202 e. The number of carbonyl (C=O) groups excluding carboxylic acids is 1. The van der Waals surface area contributed by atoms with Crippen LogP contribution in [-0.4, -0.2) is 10.8 Å². The first-order chi connectivity index (χ1) is 8.19. The molecule has 0 N–H and O–H groups in total. The minimum absolute atomic E-state index is 0.134. The summed E-state index contributed by atoms with van der Waals surface area (Å²) in [5.74, 6) is 1.31. The molecule has 0 atom stereocenters. The molecule has 2 aromatic rings. The van der Waals surface area contributed by atoms with Crippen LogP contribution in [0, 0.1) is 0 Å².